The van der Waals surface area contributed by atoms with Crippen LogP contribution in [0, 0.1) is 0 Å². The van der Waals surface area contributed by atoms with Crippen LogP contribution in [0.5, 0.6) is 0 Å². The molecule has 1 aromatic rings. The van der Waals surface area contributed by atoms with Crippen molar-refractivity contribution in [2.45, 2.75) is 38.6 Å². The standard InChI is InChI=1S/C13H21N3/c1-16-10-8-13(15-16)11-14-9-7-12-5-3-2-4-6-12/h5,8,10,14H,2-4,6-7,9,11H2,1H3. The van der Waals surface area contributed by atoms with Gasteiger partial charge in [0.1, 0.15) is 0 Å². The predicted octanol–water partition coefficient (Wildman–Crippen LogP) is 2.40. The summed E-state index contributed by atoms with van der Waals surface area (Å²) in [6.45, 7) is 1.95. The van der Waals surface area contributed by atoms with Crippen LogP contribution in [0.2, 0.25) is 0 Å². The molecule has 1 aliphatic rings. The Morgan fingerprint density at radius 3 is 3.06 bits per heavy atom. The topological polar surface area (TPSA) is 29.9 Å². The lowest BCUT2D eigenvalue weighted by atomic mass is 9.97. The molecule has 0 radical (unpaired) electrons. The van der Waals surface area contributed by atoms with Crippen LogP contribution in [0.15, 0.2) is 23.9 Å². The first kappa shape index (κ1) is 11.4. The Morgan fingerprint density at radius 2 is 2.38 bits per heavy atom. The second kappa shape index (κ2) is 5.85. The molecule has 88 valence electrons. The molecule has 0 saturated heterocycles. The zero-order valence-electron chi connectivity index (χ0n) is 10.1. The van der Waals surface area contributed by atoms with Crippen LogP contribution in [-0.4, -0.2) is 16.3 Å². The maximum Gasteiger partial charge on any atom is 0.0762 e. The number of allylic oxidation sites excluding steroid dienone is 1. The monoisotopic (exact) mass is 219 g/mol. The van der Waals surface area contributed by atoms with E-state index in [1.54, 1.807) is 5.57 Å². The van der Waals surface area contributed by atoms with Crippen LogP contribution >= 0.6 is 0 Å². The molecule has 3 heteroatoms. The molecular formula is C13H21N3. The van der Waals surface area contributed by atoms with Crippen LogP contribution in [-0.2, 0) is 13.6 Å². The first-order chi connectivity index (χ1) is 7.84. The van der Waals surface area contributed by atoms with E-state index >= 15 is 0 Å². The highest BCUT2D eigenvalue weighted by molar-refractivity contribution is 5.05. The average Bonchev–Trinajstić information content (AvgIpc) is 2.72. The lowest BCUT2D eigenvalue weighted by molar-refractivity contribution is 0.620. The molecule has 0 amide bonds. The summed E-state index contributed by atoms with van der Waals surface area (Å²) in [4.78, 5) is 0. The maximum atomic E-state index is 4.33. The van der Waals surface area contributed by atoms with Crippen molar-refractivity contribution in [3.8, 4) is 0 Å². The molecule has 1 aromatic heterocycles. The normalized spacial score (nSPS) is 16.2. The summed E-state index contributed by atoms with van der Waals surface area (Å²) in [5.41, 5.74) is 2.76. The zero-order chi connectivity index (χ0) is 11.2. The van der Waals surface area contributed by atoms with Crippen LogP contribution in [0.3, 0.4) is 0 Å². The molecular weight excluding hydrogens is 198 g/mol. The minimum absolute atomic E-state index is 0.883. The number of hydrogen-bond acceptors (Lipinski definition) is 2. The van der Waals surface area contributed by atoms with Crippen molar-refractivity contribution in [3.05, 3.63) is 29.6 Å². The summed E-state index contributed by atoms with van der Waals surface area (Å²) in [5, 5.41) is 7.78. The van der Waals surface area contributed by atoms with Gasteiger partial charge in [-0.05, 0) is 44.7 Å². The summed E-state index contributed by atoms with van der Waals surface area (Å²) < 4.78 is 1.85. The van der Waals surface area contributed by atoms with Crippen LogP contribution < -0.4 is 5.32 Å². The van der Waals surface area contributed by atoms with E-state index in [0.717, 1.165) is 18.8 Å². The number of aromatic nitrogens is 2. The molecule has 0 unspecified atom stereocenters. The molecule has 0 bridgehead atoms. The van der Waals surface area contributed by atoms with E-state index in [2.05, 4.69) is 22.6 Å². The van der Waals surface area contributed by atoms with Gasteiger partial charge in [-0.2, -0.15) is 5.10 Å². The summed E-state index contributed by atoms with van der Waals surface area (Å²) in [5.74, 6) is 0. The third-order valence-corrected chi connectivity index (χ3v) is 3.08. The zero-order valence-corrected chi connectivity index (χ0v) is 10.1. The Hall–Kier alpha value is -1.09. The molecule has 1 N–H and O–H groups in total. The van der Waals surface area contributed by atoms with E-state index in [0.29, 0.717) is 0 Å². The molecule has 0 aromatic carbocycles. The van der Waals surface area contributed by atoms with Gasteiger partial charge in [0.05, 0.1) is 5.69 Å². The average molecular weight is 219 g/mol. The number of nitrogens with one attached hydrogen (secondary N) is 1. The van der Waals surface area contributed by atoms with Gasteiger partial charge in [-0.1, -0.05) is 11.6 Å². The van der Waals surface area contributed by atoms with Gasteiger partial charge in [0.15, 0.2) is 0 Å². The Balaban J connectivity index is 1.63. The summed E-state index contributed by atoms with van der Waals surface area (Å²) >= 11 is 0. The highest BCUT2D eigenvalue weighted by Crippen LogP contribution is 2.19. The Bertz CT molecular complexity index is 352. The van der Waals surface area contributed by atoms with E-state index in [4.69, 9.17) is 0 Å². The van der Waals surface area contributed by atoms with Gasteiger partial charge in [-0.3, -0.25) is 4.68 Å². The van der Waals surface area contributed by atoms with Crippen LogP contribution in [0.25, 0.3) is 0 Å². The Labute approximate surface area is 97.5 Å². The highest BCUT2D eigenvalue weighted by atomic mass is 15.3. The number of aryl methyl sites for hydroxylation is 1. The molecule has 0 spiro atoms. The van der Waals surface area contributed by atoms with Crippen LogP contribution in [0.1, 0.15) is 37.8 Å². The molecule has 0 atom stereocenters. The van der Waals surface area contributed by atoms with E-state index in [1.807, 2.05) is 17.9 Å². The lowest BCUT2D eigenvalue weighted by Gasteiger charge is -2.12. The summed E-state index contributed by atoms with van der Waals surface area (Å²) in [6.07, 6.45) is 11.0. The minimum atomic E-state index is 0.883. The predicted molar refractivity (Wildman–Crippen MR) is 66.1 cm³/mol. The number of hydrogen-bond donors (Lipinski definition) is 1. The van der Waals surface area contributed by atoms with E-state index in [-0.39, 0.29) is 0 Å². The first-order valence-electron chi connectivity index (χ1n) is 6.22. The van der Waals surface area contributed by atoms with E-state index < -0.39 is 0 Å². The van der Waals surface area contributed by atoms with Gasteiger partial charge in [0, 0.05) is 19.8 Å². The molecule has 0 saturated carbocycles. The molecule has 1 aliphatic carbocycles. The molecule has 0 aliphatic heterocycles. The van der Waals surface area contributed by atoms with Gasteiger partial charge >= 0.3 is 0 Å². The Morgan fingerprint density at radius 1 is 1.44 bits per heavy atom. The van der Waals surface area contributed by atoms with Gasteiger partial charge in [-0.15, -0.1) is 0 Å². The van der Waals surface area contributed by atoms with Crippen molar-refractivity contribution >= 4 is 0 Å². The third kappa shape index (κ3) is 3.49. The SMILES string of the molecule is Cn1ccc(CNCCC2=CCCCC2)n1. The second-order valence-corrected chi connectivity index (χ2v) is 4.52. The van der Waals surface area contributed by atoms with Crippen molar-refractivity contribution in [2.24, 2.45) is 7.05 Å². The number of rotatable bonds is 5. The largest absolute Gasteiger partial charge is 0.311 e. The first-order valence-corrected chi connectivity index (χ1v) is 6.22. The Kier molecular flexibility index (Phi) is 4.17. The van der Waals surface area contributed by atoms with Crippen molar-refractivity contribution in [1.29, 1.82) is 0 Å². The van der Waals surface area contributed by atoms with Crippen molar-refractivity contribution in [2.75, 3.05) is 6.54 Å². The fraction of sp³-hybridized carbons (Fsp3) is 0.615. The van der Waals surface area contributed by atoms with Crippen molar-refractivity contribution < 1.29 is 0 Å². The van der Waals surface area contributed by atoms with Gasteiger partial charge in [0.25, 0.3) is 0 Å². The molecule has 1 heterocycles. The molecule has 2 rings (SSSR count). The smallest absolute Gasteiger partial charge is 0.0762 e. The molecule has 3 nitrogen and oxygen atoms in total. The summed E-state index contributed by atoms with van der Waals surface area (Å²) in [7, 11) is 1.95. The third-order valence-electron chi connectivity index (χ3n) is 3.08. The molecule has 0 fully saturated rings. The fourth-order valence-corrected chi connectivity index (χ4v) is 2.15. The van der Waals surface area contributed by atoms with E-state index in [9.17, 15) is 0 Å². The minimum Gasteiger partial charge on any atom is -0.311 e. The van der Waals surface area contributed by atoms with Crippen LogP contribution in [0.4, 0.5) is 0 Å². The van der Waals surface area contributed by atoms with Gasteiger partial charge in [0.2, 0.25) is 0 Å². The van der Waals surface area contributed by atoms with E-state index in [1.165, 1.54) is 32.1 Å². The van der Waals surface area contributed by atoms with Crippen molar-refractivity contribution in [3.63, 3.8) is 0 Å². The lowest BCUT2D eigenvalue weighted by Crippen LogP contribution is -2.16. The quantitative estimate of drug-likeness (QED) is 0.609. The molecule has 16 heavy (non-hydrogen) atoms. The summed E-state index contributed by atoms with van der Waals surface area (Å²) in [6, 6.07) is 2.06. The maximum absolute atomic E-state index is 4.33. The fourth-order valence-electron chi connectivity index (χ4n) is 2.15. The number of nitrogens with zero attached hydrogens (tertiary/aromatic N) is 2. The van der Waals surface area contributed by atoms with Gasteiger partial charge < -0.3 is 5.32 Å². The highest BCUT2D eigenvalue weighted by Gasteiger charge is 2.03. The second-order valence-electron chi connectivity index (χ2n) is 4.52. The van der Waals surface area contributed by atoms with Crippen molar-refractivity contribution in [1.82, 2.24) is 15.1 Å². The van der Waals surface area contributed by atoms with Gasteiger partial charge in [-0.25, -0.2) is 0 Å².